The highest BCUT2D eigenvalue weighted by atomic mass is 16.5. The van der Waals surface area contributed by atoms with Gasteiger partial charge in [-0.2, -0.15) is 0 Å². The van der Waals surface area contributed by atoms with Gasteiger partial charge in [0.05, 0.1) is 13.2 Å². The van der Waals surface area contributed by atoms with Gasteiger partial charge in [-0.15, -0.1) is 0 Å². The van der Waals surface area contributed by atoms with E-state index >= 15 is 0 Å². The van der Waals surface area contributed by atoms with Crippen molar-refractivity contribution in [2.24, 2.45) is 5.73 Å². The molecule has 0 amide bonds. The van der Waals surface area contributed by atoms with Crippen LogP contribution < -0.4 is 15.2 Å². The fraction of sp³-hybridized carbons (Fsp3) is 0.647. The van der Waals surface area contributed by atoms with Gasteiger partial charge in [-0.1, -0.05) is 32.8 Å². The van der Waals surface area contributed by atoms with Crippen LogP contribution in [0.4, 0.5) is 0 Å². The van der Waals surface area contributed by atoms with Gasteiger partial charge in [-0.25, -0.2) is 0 Å². The number of ether oxygens (including phenoxy) is 2. The van der Waals surface area contributed by atoms with Gasteiger partial charge in [0.1, 0.15) is 0 Å². The Kier molecular flexibility index (Phi) is 8.12. The SMILES string of the molecule is CCCCCOc1ccc(CC(N)CC)cc1OCC. The second kappa shape index (κ2) is 9.65. The molecule has 20 heavy (non-hydrogen) atoms. The lowest BCUT2D eigenvalue weighted by Gasteiger charge is -2.15. The van der Waals surface area contributed by atoms with E-state index in [9.17, 15) is 0 Å². The second-order valence-corrected chi connectivity index (χ2v) is 5.14. The number of rotatable bonds is 10. The van der Waals surface area contributed by atoms with Gasteiger partial charge in [0.2, 0.25) is 0 Å². The molecule has 0 saturated carbocycles. The highest BCUT2D eigenvalue weighted by molar-refractivity contribution is 5.43. The lowest BCUT2D eigenvalue weighted by molar-refractivity contribution is 0.271. The summed E-state index contributed by atoms with van der Waals surface area (Å²) in [5, 5.41) is 0. The highest BCUT2D eigenvalue weighted by Crippen LogP contribution is 2.29. The van der Waals surface area contributed by atoms with Crippen LogP contribution >= 0.6 is 0 Å². The zero-order valence-electron chi connectivity index (χ0n) is 13.2. The van der Waals surface area contributed by atoms with Gasteiger partial charge in [0, 0.05) is 6.04 Å². The van der Waals surface area contributed by atoms with Gasteiger partial charge >= 0.3 is 0 Å². The van der Waals surface area contributed by atoms with Crippen molar-refractivity contribution in [3.05, 3.63) is 23.8 Å². The fourth-order valence-electron chi connectivity index (χ4n) is 2.05. The number of benzene rings is 1. The quantitative estimate of drug-likeness (QED) is 0.660. The maximum atomic E-state index is 6.01. The minimum Gasteiger partial charge on any atom is -0.490 e. The molecule has 0 bridgehead atoms. The predicted molar refractivity (Wildman–Crippen MR) is 84.6 cm³/mol. The first-order valence-corrected chi connectivity index (χ1v) is 7.85. The molecule has 0 fully saturated rings. The molecule has 0 aromatic heterocycles. The largest absolute Gasteiger partial charge is 0.490 e. The van der Waals surface area contributed by atoms with Crippen LogP contribution in [0, 0.1) is 0 Å². The molecule has 0 aliphatic heterocycles. The van der Waals surface area contributed by atoms with Crippen molar-refractivity contribution in [3.63, 3.8) is 0 Å². The number of unbranched alkanes of at least 4 members (excludes halogenated alkanes) is 2. The van der Waals surface area contributed by atoms with Crippen LogP contribution in [0.15, 0.2) is 18.2 Å². The topological polar surface area (TPSA) is 44.5 Å². The number of hydrogen-bond donors (Lipinski definition) is 1. The first-order chi connectivity index (χ1) is 9.71. The van der Waals surface area contributed by atoms with E-state index in [0.717, 1.165) is 37.4 Å². The Labute approximate surface area is 123 Å². The average molecular weight is 279 g/mol. The van der Waals surface area contributed by atoms with Crippen LogP contribution in [0.2, 0.25) is 0 Å². The van der Waals surface area contributed by atoms with Crippen molar-refractivity contribution in [3.8, 4) is 11.5 Å². The Hall–Kier alpha value is -1.22. The lowest BCUT2D eigenvalue weighted by atomic mass is 10.0. The van der Waals surface area contributed by atoms with Crippen LogP contribution in [0.25, 0.3) is 0 Å². The first kappa shape index (κ1) is 16.8. The third-order valence-corrected chi connectivity index (χ3v) is 3.34. The highest BCUT2D eigenvalue weighted by Gasteiger charge is 2.08. The summed E-state index contributed by atoms with van der Waals surface area (Å²) < 4.78 is 11.5. The predicted octanol–water partition coefficient (Wildman–Crippen LogP) is 3.93. The summed E-state index contributed by atoms with van der Waals surface area (Å²) >= 11 is 0. The molecule has 0 spiro atoms. The summed E-state index contributed by atoms with van der Waals surface area (Å²) in [5.41, 5.74) is 7.22. The monoisotopic (exact) mass is 279 g/mol. The molecule has 1 aromatic carbocycles. The van der Waals surface area contributed by atoms with Crippen LogP contribution in [-0.2, 0) is 6.42 Å². The Morgan fingerprint density at radius 3 is 2.50 bits per heavy atom. The molecule has 1 rings (SSSR count). The molecule has 3 nitrogen and oxygen atoms in total. The molecule has 0 radical (unpaired) electrons. The number of nitrogens with two attached hydrogens (primary N) is 1. The molecule has 0 saturated heterocycles. The minimum atomic E-state index is 0.209. The minimum absolute atomic E-state index is 0.209. The molecule has 1 aromatic rings. The van der Waals surface area contributed by atoms with Crippen molar-refractivity contribution in [2.75, 3.05) is 13.2 Å². The Balaban J connectivity index is 2.68. The summed E-state index contributed by atoms with van der Waals surface area (Å²) in [5.74, 6) is 1.68. The van der Waals surface area contributed by atoms with E-state index in [4.69, 9.17) is 15.2 Å². The molecule has 0 aliphatic rings. The lowest BCUT2D eigenvalue weighted by Crippen LogP contribution is -2.21. The van der Waals surface area contributed by atoms with Gasteiger partial charge in [0.25, 0.3) is 0 Å². The zero-order valence-corrected chi connectivity index (χ0v) is 13.2. The van der Waals surface area contributed by atoms with E-state index in [-0.39, 0.29) is 6.04 Å². The summed E-state index contributed by atoms with van der Waals surface area (Å²) in [6, 6.07) is 6.37. The van der Waals surface area contributed by atoms with E-state index in [2.05, 4.69) is 26.0 Å². The average Bonchev–Trinajstić information content (AvgIpc) is 2.45. The summed E-state index contributed by atoms with van der Waals surface area (Å²) in [4.78, 5) is 0. The van der Waals surface area contributed by atoms with Crippen molar-refractivity contribution >= 4 is 0 Å². The zero-order chi connectivity index (χ0) is 14.8. The molecule has 3 heteroatoms. The van der Waals surface area contributed by atoms with Gasteiger partial charge in [-0.05, 0) is 43.9 Å². The molecule has 2 N–H and O–H groups in total. The van der Waals surface area contributed by atoms with Gasteiger partial charge < -0.3 is 15.2 Å². The van der Waals surface area contributed by atoms with E-state index < -0.39 is 0 Å². The molecular weight excluding hydrogens is 250 g/mol. The Bertz CT molecular complexity index is 379. The van der Waals surface area contributed by atoms with E-state index in [1.54, 1.807) is 0 Å². The summed E-state index contributed by atoms with van der Waals surface area (Å²) in [6.45, 7) is 7.69. The van der Waals surface area contributed by atoms with E-state index in [0.29, 0.717) is 6.61 Å². The van der Waals surface area contributed by atoms with Crippen molar-refractivity contribution in [1.29, 1.82) is 0 Å². The first-order valence-electron chi connectivity index (χ1n) is 7.85. The molecule has 0 heterocycles. The second-order valence-electron chi connectivity index (χ2n) is 5.14. The van der Waals surface area contributed by atoms with E-state index in [1.165, 1.54) is 18.4 Å². The molecular formula is C17H29NO2. The Morgan fingerprint density at radius 1 is 1.05 bits per heavy atom. The molecule has 1 unspecified atom stereocenters. The summed E-state index contributed by atoms with van der Waals surface area (Å²) in [7, 11) is 0. The maximum absolute atomic E-state index is 6.01. The van der Waals surface area contributed by atoms with Gasteiger partial charge in [0.15, 0.2) is 11.5 Å². The number of hydrogen-bond acceptors (Lipinski definition) is 3. The Morgan fingerprint density at radius 2 is 1.85 bits per heavy atom. The molecule has 0 aliphatic carbocycles. The normalized spacial score (nSPS) is 12.2. The summed E-state index contributed by atoms with van der Waals surface area (Å²) in [6.07, 6.45) is 5.36. The van der Waals surface area contributed by atoms with Crippen molar-refractivity contribution < 1.29 is 9.47 Å². The fourth-order valence-corrected chi connectivity index (χ4v) is 2.05. The third-order valence-electron chi connectivity index (χ3n) is 3.34. The maximum Gasteiger partial charge on any atom is 0.161 e. The van der Waals surface area contributed by atoms with Crippen molar-refractivity contribution in [1.82, 2.24) is 0 Å². The molecule has 114 valence electrons. The third kappa shape index (κ3) is 5.83. The van der Waals surface area contributed by atoms with Gasteiger partial charge in [-0.3, -0.25) is 0 Å². The van der Waals surface area contributed by atoms with Crippen LogP contribution in [-0.4, -0.2) is 19.3 Å². The van der Waals surface area contributed by atoms with Crippen molar-refractivity contribution in [2.45, 2.75) is 58.9 Å². The smallest absolute Gasteiger partial charge is 0.161 e. The van der Waals surface area contributed by atoms with Crippen LogP contribution in [0.5, 0.6) is 11.5 Å². The van der Waals surface area contributed by atoms with E-state index in [1.807, 2.05) is 13.0 Å². The van der Waals surface area contributed by atoms with Crippen LogP contribution in [0.1, 0.15) is 52.0 Å². The molecule has 1 atom stereocenters. The standard InChI is InChI=1S/C17H29NO2/c1-4-7-8-11-20-16-10-9-14(12-15(18)5-2)13-17(16)19-6-3/h9-10,13,15H,4-8,11-12,18H2,1-3H3. The van der Waals surface area contributed by atoms with Crippen LogP contribution in [0.3, 0.4) is 0 Å².